The molecule has 1 aliphatic heterocycles. The molecular weight excluding hydrogens is 244 g/mol. The molecule has 2 rings (SSSR count). The molecule has 1 aromatic heterocycles. The van der Waals surface area contributed by atoms with E-state index >= 15 is 0 Å². The van der Waals surface area contributed by atoms with Gasteiger partial charge in [0, 0.05) is 19.6 Å². The largest absolute Gasteiger partial charge is 0.385 e. The maximum atomic E-state index is 10.4. The minimum Gasteiger partial charge on any atom is -0.385 e. The molecule has 19 heavy (non-hydrogen) atoms. The maximum Gasteiger partial charge on any atom is 0.243 e. The van der Waals surface area contributed by atoms with E-state index in [0.29, 0.717) is 25.5 Å². The lowest BCUT2D eigenvalue weighted by atomic mass is 9.97. The van der Waals surface area contributed by atoms with Gasteiger partial charge in [-0.15, -0.1) is 5.10 Å². The molecule has 2 unspecified atom stereocenters. The Hall–Kier alpha value is -1.27. The van der Waals surface area contributed by atoms with Crippen LogP contribution in [0.1, 0.15) is 38.6 Å². The molecule has 1 aromatic rings. The molecule has 106 valence electrons. The first-order valence-corrected chi connectivity index (χ1v) is 6.89. The molecular formula is C13H22N4O2. The van der Waals surface area contributed by atoms with Crippen LogP contribution in [0.4, 0.5) is 5.95 Å². The van der Waals surface area contributed by atoms with E-state index in [1.807, 2.05) is 20.8 Å². The Kier molecular flexibility index (Phi) is 4.31. The lowest BCUT2D eigenvalue weighted by Crippen LogP contribution is -2.43. The third-order valence-electron chi connectivity index (χ3n) is 3.72. The Morgan fingerprint density at radius 1 is 1.32 bits per heavy atom. The number of rotatable bonds is 5. The van der Waals surface area contributed by atoms with Gasteiger partial charge in [-0.3, -0.25) is 0 Å². The highest BCUT2D eigenvalue weighted by Gasteiger charge is 2.39. The van der Waals surface area contributed by atoms with E-state index in [2.05, 4.69) is 20.5 Å². The fourth-order valence-electron chi connectivity index (χ4n) is 2.25. The van der Waals surface area contributed by atoms with E-state index in [-0.39, 0.29) is 6.10 Å². The molecule has 2 heterocycles. The number of ether oxygens (including phenoxy) is 1. The second kappa shape index (κ2) is 5.79. The van der Waals surface area contributed by atoms with Gasteiger partial charge < -0.3 is 15.2 Å². The second-order valence-electron chi connectivity index (χ2n) is 4.96. The minimum absolute atomic E-state index is 0.173. The molecule has 0 amide bonds. The van der Waals surface area contributed by atoms with Crippen molar-refractivity contribution in [2.75, 3.05) is 18.5 Å². The number of aliphatic hydroxyl groups is 1. The summed E-state index contributed by atoms with van der Waals surface area (Å²) < 4.78 is 5.39. The molecule has 6 heteroatoms. The summed E-state index contributed by atoms with van der Waals surface area (Å²) in [6.45, 7) is 6.94. The second-order valence-corrected chi connectivity index (χ2v) is 4.96. The Balaban J connectivity index is 2.03. The summed E-state index contributed by atoms with van der Waals surface area (Å²) in [4.78, 5) is 4.44. The van der Waals surface area contributed by atoms with Gasteiger partial charge in [-0.05, 0) is 19.8 Å². The van der Waals surface area contributed by atoms with Gasteiger partial charge in [0.15, 0.2) is 0 Å². The quantitative estimate of drug-likeness (QED) is 0.826. The van der Waals surface area contributed by atoms with Crippen molar-refractivity contribution in [3.8, 4) is 0 Å². The molecule has 1 aliphatic rings. The summed E-state index contributed by atoms with van der Waals surface area (Å²) in [6, 6.07) is 0. The smallest absolute Gasteiger partial charge is 0.243 e. The Bertz CT molecular complexity index is 441. The number of nitrogens with zero attached hydrogens (tertiary/aromatic N) is 3. The highest BCUT2D eigenvalue weighted by molar-refractivity contribution is 5.27. The average molecular weight is 266 g/mol. The third-order valence-corrected chi connectivity index (χ3v) is 3.72. The van der Waals surface area contributed by atoms with Gasteiger partial charge in [0.1, 0.15) is 5.60 Å². The SMILES string of the molecule is CCc1nnc(NCC2(O)CCOC2C)nc1CC. The molecule has 0 aromatic carbocycles. The van der Waals surface area contributed by atoms with E-state index in [1.165, 1.54) is 0 Å². The first kappa shape index (κ1) is 14.1. The topological polar surface area (TPSA) is 80.2 Å². The van der Waals surface area contributed by atoms with Gasteiger partial charge in [0.25, 0.3) is 0 Å². The van der Waals surface area contributed by atoms with Crippen molar-refractivity contribution >= 4 is 5.95 Å². The Labute approximate surface area is 113 Å². The maximum absolute atomic E-state index is 10.4. The van der Waals surface area contributed by atoms with Crippen molar-refractivity contribution in [2.45, 2.75) is 51.7 Å². The Morgan fingerprint density at radius 2 is 2.05 bits per heavy atom. The lowest BCUT2D eigenvalue weighted by Gasteiger charge is -2.26. The number of aromatic nitrogens is 3. The molecule has 1 fully saturated rings. The summed E-state index contributed by atoms with van der Waals surface area (Å²) in [5.74, 6) is 0.474. The molecule has 0 spiro atoms. The van der Waals surface area contributed by atoms with Crippen molar-refractivity contribution in [2.24, 2.45) is 0 Å². The number of anilines is 1. The zero-order valence-electron chi connectivity index (χ0n) is 11.8. The molecule has 6 nitrogen and oxygen atoms in total. The van der Waals surface area contributed by atoms with E-state index in [4.69, 9.17) is 4.74 Å². The van der Waals surface area contributed by atoms with Crippen molar-refractivity contribution in [1.82, 2.24) is 15.2 Å². The fraction of sp³-hybridized carbons (Fsp3) is 0.769. The molecule has 2 atom stereocenters. The predicted molar refractivity (Wildman–Crippen MR) is 72.1 cm³/mol. The van der Waals surface area contributed by atoms with Gasteiger partial charge in [0.05, 0.1) is 17.5 Å². The van der Waals surface area contributed by atoms with E-state index < -0.39 is 5.60 Å². The van der Waals surface area contributed by atoms with Crippen LogP contribution < -0.4 is 5.32 Å². The molecule has 0 aliphatic carbocycles. The van der Waals surface area contributed by atoms with Crippen LogP contribution >= 0.6 is 0 Å². The van der Waals surface area contributed by atoms with Crippen molar-refractivity contribution in [3.05, 3.63) is 11.4 Å². The highest BCUT2D eigenvalue weighted by atomic mass is 16.5. The van der Waals surface area contributed by atoms with E-state index in [1.54, 1.807) is 0 Å². The first-order chi connectivity index (χ1) is 9.09. The fourth-order valence-corrected chi connectivity index (χ4v) is 2.25. The summed E-state index contributed by atoms with van der Waals surface area (Å²) in [7, 11) is 0. The van der Waals surface area contributed by atoms with Crippen LogP contribution in [0.25, 0.3) is 0 Å². The molecule has 2 N–H and O–H groups in total. The van der Waals surface area contributed by atoms with Gasteiger partial charge in [-0.2, -0.15) is 5.10 Å². The van der Waals surface area contributed by atoms with Crippen LogP contribution in [0.15, 0.2) is 0 Å². The van der Waals surface area contributed by atoms with Gasteiger partial charge in [-0.1, -0.05) is 13.8 Å². The zero-order chi connectivity index (χ0) is 13.9. The zero-order valence-corrected chi connectivity index (χ0v) is 11.8. The van der Waals surface area contributed by atoms with Crippen molar-refractivity contribution < 1.29 is 9.84 Å². The number of hydrogen-bond acceptors (Lipinski definition) is 6. The van der Waals surface area contributed by atoms with Crippen LogP contribution in [-0.2, 0) is 17.6 Å². The first-order valence-electron chi connectivity index (χ1n) is 6.89. The van der Waals surface area contributed by atoms with E-state index in [0.717, 1.165) is 24.2 Å². The van der Waals surface area contributed by atoms with Crippen LogP contribution in [0, 0.1) is 0 Å². The van der Waals surface area contributed by atoms with Crippen molar-refractivity contribution in [1.29, 1.82) is 0 Å². The Morgan fingerprint density at radius 3 is 2.63 bits per heavy atom. The molecule has 0 saturated carbocycles. The molecule has 0 radical (unpaired) electrons. The summed E-state index contributed by atoms with van der Waals surface area (Å²) in [5, 5.41) is 21.7. The highest BCUT2D eigenvalue weighted by Crippen LogP contribution is 2.25. The summed E-state index contributed by atoms with van der Waals surface area (Å²) >= 11 is 0. The van der Waals surface area contributed by atoms with Crippen LogP contribution in [0.5, 0.6) is 0 Å². The van der Waals surface area contributed by atoms with Crippen LogP contribution in [0.2, 0.25) is 0 Å². The summed E-state index contributed by atoms with van der Waals surface area (Å²) in [5.41, 5.74) is 1.05. The summed E-state index contributed by atoms with van der Waals surface area (Å²) in [6.07, 6.45) is 2.12. The number of nitrogens with one attached hydrogen (secondary N) is 1. The predicted octanol–water partition coefficient (Wildman–Crippen LogP) is 0.948. The number of aryl methyl sites for hydroxylation is 2. The third kappa shape index (κ3) is 3.01. The van der Waals surface area contributed by atoms with Gasteiger partial charge in [-0.25, -0.2) is 4.98 Å². The van der Waals surface area contributed by atoms with Crippen LogP contribution in [0.3, 0.4) is 0 Å². The minimum atomic E-state index is -0.848. The lowest BCUT2D eigenvalue weighted by molar-refractivity contribution is -0.0177. The van der Waals surface area contributed by atoms with Crippen LogP contribution in [-0.4, -0.2) is 45.1 Å². The van der Waals surface area contributed by atoms with Gasteiger partial charge >= 0.3 is 0 Å². The molecule has 0 bridgehead atoms. The standard InChI is InChI=1S/C13H22N4O2/c1-4-10-11(5-2)16-17-12(15-10)14-8-13(18)6-7-19-9(13)3/h9,18H,4-8H2,1-3H3,(H,14,15,17). The van der Waals surface area contributed by atoms with E-state index in [9.17, 15) is 5.11 Å². The molecule has 1 saturated heterocycles. The monoisotopic (exact) mass is 266 g/mol. The average Bonchev–Trinajstić information content (AvgIpc) is 2.76. The van der Waals surface area contributed by atoms with Gasteiger partial charge in [0.2, 0.25) is 5.95 Å². The van der Waals surface area contributed by atoms with Crippen molar-refractivity contribution in [3.63, 3.8) is 0 Å². The number of hydrogen-bond donors (Lipinski definition) is 2. The normalized spacial score (nSPS) is 26.6.